The Hall–Kier alpha value is -3.35. The van der Waals surface area contributed by atoms with E-state index < -0.39 is 47.8 Å². The highest BCUT2D eigenvalue weighted by atomic mass is 16.7. The summed E-state index contributed by atoms with van der Waals surface area (Å²) >= 11 is 0. The average molecular weight is 434 g/mol. The molecule has 11 heteroatoms. The van der Waals surface area contributed by atoms with Crippen LogP contribution in [0.3, 0.4) is 0 Å². The molecule has 0 aliphatic carbocycles. The summed E-state index contributed by atoms with van der Waals surface area (Å²) in [6, 6.07) is 7.40. The number of rotatable bonds is 3. The molecule has 1 fully saturated rings. The number of benzene rings is 2. The van der Waals surface area contributed by atoms with Crippen LogP contribution < -0.4 is 10.2 Å². The van der Waals surface area contributed by atoms with E-state index in [2.05, 4.69) is 0 Å². The number of hydrogen-bond donors (Lipinski definition) is 7. The highest BCUT2D eigenvalue weighted by Crippen LogP contribution is 2.37. The fourth-order valence-electron chi connectivity index (χ4n) is 3.22. The molecule has 5 unspecified atom stereocenters. The minimum Gasteiger partial charge on any atom is -0.508 e. The van der Waals surface area contributed by atoms with Crippen molar-refractivity contribution in [2.45, 2.75) is 30.9 Å². The molecule has 1 aromatic heterocycles. The maximum Gasteiger partial charge on any atom is 0.239 e. The van der Waals surface area contributed by atoms with Gasteiger partial charge in [-0.3, -0.25) is 4.79 Å². The van der Waals surface area contributed by atoms with E-state index in [9.17, 15) is 40.5 Å². The van der Waals surface area contributed by atoms with Gasteiger partial charge in [-0.2, -0.15) is 0 Å². The molecule has 0 amide bonds. The zero-order valence-electron chi connectivity index (χ0n) is 15.6. The molecule has 4 rings (SSSR count). The summed E-state index contributed by atoms with van der Waals surface area (Å²) < 4.78 is 16.1. The van der Waals surface area contributed by atoms with Crippen LogP contribution in [0.2, 0.25) is 0 Å². The fourth-order valence-corrected chi connectivity index (χ4v) is 3.22. The maximum atomic E-state index is 13.1. The van der Waals surface area contributed by atoms with Crippen LogP contribution in [-0.4, -0.2) is 66.6 Å². The van der Waals surface area contributed by atoms with Gasteiger partial charge in [0.15, 0.2) is 12.1 Å². The Morgan fingerprint density at radius 1 is 0.839 bits per heavy atom. The predicted octanol–water partition coefficient (Wildman–Crippen LogP) is -0.287. The van der Waals surface area contributed by atoms with Crippen LogP contribution in [0.1, 0.15) is 0 Å². The minimum absolute atomic E-state index is 0.0732. The fraction of sp³-hybridized carbons (Fsp3) is 0.250. The first-order valence-electron chi connectivity index (χ1n) is 9.04. The Balaban J connectivity index is 1.90. The molecular weight excluding hydrogens is 416 g/mol. The van der Waals surface area contributed by atoms with Crippen molar-refractivity contribution in [3.8, 4) is 34.3 Å². The van der Waals surface area contributed by atoms with Crippen LogP contribution in [0, 0.1) is 0 Å². The topological polar surface area (TPSA) is 190 Å². The monoisotopic (exact) mass is 434 g/mol. The van der Waals surface area contributed by atoms with Gasteiger partial charge in [0.1, 0.15) is 46.5 Å². The molecule has 1 aliphatic rings. The van der Waals surface area contributed by atoms with Gasteiger partial charge in [0.05, 0.1) is 0 Å². The van der Waals surface area contributed by atoms with Gasteiger partial charge >= 0.3 is 0 Å². The third-order valence-corrected chi connectivity index (χ3v) is 4.83. The van der Waals surface area contributed by atoms with E-state index in [1.165, 1.54) is 24.3 Å². The summed E-state index contributed by atoms with van der Waals surface area (Å²) in [5.41, 5.74) is -0.854. The van der Waals surface area contributed by atoms with Gasteiger partial charge in [0, 0.05) is 17.7 Å². The van der Waals surface area contributed by atoms with Gasteiger partial charge in [-0.05, 0) is 24.3 Å². The van der Waals surface area contributed by atoms with E-state index in [1.54, 1.807) is 0 Å². The van der Waals surface area contributed by atoms with Crippen LogP contribution in [0.25, 0.3) is 22.3 Å². The second-order valence-electron chi connectivity index (χ2n) is 6.96. The largest absolute Gasteiger partial charge is 0.508 e. The van der Waals surface area contributed by atoms with Gasteiger partial charge in [0.2, 0.25) is 17.5 Å². The van der Waals surface area contributed by atoms with E-state index in [0.29, 0.717) is 0 Å². The van der Waals surface area contributed by atoms with Gasteiger partial charge in [-0.15, -0.1) is 0 Å². The Morgan fingerprint density at radius 3 is 2.19 bits per heavy atom. The first kappa shape index (κ1) is 20.9. The van der Waals surface area contributed by atoms with Gasteiger partial charge in [0.25, 0.3) is 0 Å². The number of phenols is 3. The summed E-state index contributed by atoms with van der Waals surface area (Å²) in [4.78, 5) is 13.1. The van der Waals surface area contributed by atoms with E-state index >= 15 is 0 Å². The Kier molecular flexibility index (Phi) is 5.21. The summed E-state index contributed by atoms with van der Waals surface area (Å²) in [5, 5.41) is 68.4. The smallest absolute Gasteiger partial charge is 0.239 e. The first-order chi connectivity index (χ1) is 14.7. The van der Waals surface area contributed by atoms with E-state index in [-0.39, 0.29) is 33.8 Å². The van der Waals surface area contributed by atoms with Crippen LogP contribution in [0.4, 0.5) is 0 Å². The van der Waals surface area contributed by atoms with Crippen molar-refractivity contribution in [3.05, 3.63) is 46.6 Å². The highest BCUT2D eigenvalue weighted by Gasteiger charge is 2.45. The quantitative estimate of drug-likeness (QED) is 0.287. The van der Waals surface area contributed by atoms with Crippen LogP contribution >= 0.6 is 0 Å². The molecule has 2 heterocycles. The van der Waals surface area contributed by atoms with Crippen molar-refractivity contribution in [1.29, 1.82) is 0 Å². The Bertz CT molecular complexity index is 1170. The van der Waals surface area contributed by atoms with Gasteiger partial charge < -0.3 is 49.6 Å². The zero-order valence-corrected chi connectivity index (χ0v) is 15.6. The molecule has 0 radical (unpaired) electrons. The number of aliphatic hydroxyl groups excluding tert-OH is 4. The molecule has 0 spiro atoms. The van der Waals surface area contributed by atoms with Crippen LogP contribution in [0.15, 0.2) is 45.6 Å². The molecule has 1 aliphatic heterocycles. The van der Waals surface area contributed by atoms with Crippen molar-refractivity contribution in [1.82, 2.24) is 0 Å². The summed E-state index contributed by atoms with van der Waals surface area (Å²) in [6.07, 6.45) is -9.22. The summed E-state index contributed by atoms with van der Waals surface area (Å²) in [5.74, 6) is -1.82. The molecule has 11 nitrogen and oxygen atoms in total. The SMILES string of the molecule is O=c1c(OC2OC(O)C(O)C(O)C2O)c(-c2ccc(O)cc2)oc2cc(O)cc(O)c12. The van der Waals surface area contributed by atoms with Crippen LogP contribution in [-0.2, 0) is 4.74 Å². The maximum absolute atomic E-state index is 13.1. The third kappa shape index (κ3) is 3.65. The minimum atomic E-state index is -1.92. The molecule has 1 saturated heterocycles. The molecule has 5 atom stereocenters. The lowest BCUT2D eigenvalue weighted by Crippen LogP contribution is -2.59. The molecule has 31 heavy (non-hydrogen) atoms. The number of hydrogen-bond acceptors (Lipinski definition) is 11. The van der Waals surface area contributed by atoms with Crippen molar-refractivity contribution >= 4 is 11.0 Å². The number of phenolic OH excluding ortho intramolecular Hbond substituents is 3. The second-order valence-corrected chi connectivity index (χ2v) is 6.96. The lowest BCUT2D eigenvalue weighted by atomic mass is 10.0. The van der Waals surface area contributed by atoms with E-state index in [4.69, 9.17) is 13.9 Å². The third-order valence-electron chi connectivity index (χ3n) is 4.83. The molecule has 0 bridgehead atoms. The number of ether oxygens (including phenoxy) is 2. The summed E-state index contributed by atoms with van der Waals surface area (Å²) in [7, 11) is 0. The van der Waals surface area contributed by atoms with Crippen molar-refractivity contribution in [2.75, 3.05) is 0 Å². The predicted molar refractivity (Wildman–Crippen MR) is 102 cm³/mol. The molecule has 2 aromatic carbocycles. The zero-order chi connectivity index (χ0) is 22.4. The first-order valence-corrected chi connectivity index (χ1v) is 9.04. The molecule has 0 saturated carbocycles. The normalized spacial score (nSPS) is 26.1. The number of aliphatic hydroxyl groups is 4. The number of fused-ring (bicyclic) bond motifs is 1. The lowest BCUT2D eigenvalue weighted by Gasteiger charge is -2.37. The summed E-state index contributed by atoms with van der Waals surface area (Å²) in [6.45, 7) is 0. The van der Waals surface area contributed by atoms with Crippen LogP contribution in [0.5, 0.6) is 23.0 Å². The molecule has 164 valence electrons. The Labute approximate surface area is 173 Å². The molecule has 3 aromatic rings. The molecular formula is C20H18O11. The lowest BCUT2D eigenvalue weighted by molar-refractivity contribution is -0.321. The van der Waals surface area contributed by atoms with E-state index in [0.717, 1.165) is 12.1 Å². The average Bonchev–Trinajstić information content (AvgIpc) is 2.72. The molecule has 7 N–H and O–H groups in total. The van der Waals surface area contributed by atoms with Crippen molar-refractivity contribution < 1.29 is 49.6 Å². The van der Waals surface area contributed by atoms with Gasteiger partial charge in [-0.1, -0.05) is 0 Å². The number of aromatic hydroxyl groups is 3. The van der Waals surface area contributed by atoms with Crippen molar-refractivity contribution in [2.24, 2.45) is 0 Å². The van der Waals surface area contributed by atoms with Crippen molar-refractivity contribution in [3.63, 3.8) is 0 Å². The second kappa shape index (κ2) is 7.72. The highest BCUT2D eigenvalue weighted by molar-refractivity contribution is 5.88. The Morgan fingerprint density at radius 2 is 1.52 bits per heavy atom. The van der Waals surface area contributed by atoms with Gasteiger partial charge in [-0.25, -0.2) is 0 Å². The standard InChI is InChI=1S/C20H18O11/c21-8-3-1-7(2-4-8)17-18(30-20-16(27)14(25)15(26)19(28)31-20)13(24)12-10(23)5-9(22)6-11(12)29-17/h1-6,14-16,19-23,25-28H. The van der Waals surface area contributed by atoms with E-state index in [1.807, 2.05) is 0 Å².